The number of ether oxygens (including phenoxy) is 2. The lowest BCUT2D eigenvalue weighted by molar-refractivity contribution is -0.0580. The van der Waals surface area contributed by atoms with E-state index in [-0.39, 0.29) is 11.8 Å². The van der Waals surface area contributed by atoms with Gasteiger partial charge in [0.15, 0.2) is 12.5 Å². The minimum atomic E-state index is -0.478. The van der Waals surface area contributed by atoms with Crippen LogP contribution in [0.4, 0.5) is 0 Å². The van der Waals surface area contributed by atoms with Crippen molar-refractivity contribution in [2.24, 2.45) is 0 Å². The highest BCUT2D eigenvalue weighted by Gasteiger charge is 2.24. The first-order chi connectivity index (χ1) is 7.08. The molecule has 1 aliphatic heterocycles. The van der Waals surface area contributed by atoms with E-state index in [9.17, 15) is 9.59 Å². The van der Waals surface area contributed by atoms with Crippen molar-refractivity contribution in [3.8, 4) is 0 Å². The molecule has 2 rings (SSSR count). The lowest BCUT2D eigenvalue weighted by Crippen LogP contribution is -2.34. The molecule has 2 heterocycles. The molecule has 2 unspecified atom stereocenters. The van der Waals surface area contributed by atoms with Crippen molar-refractivity contribution < 1.29 is 9.47 Å². The second-order valence-electron chi connectivity index (χ2n) is 3.47. The standard InChI is InChI=1S/C9H12N2O4/c1-5-3-11(9(13)10-8(5)12)7-4-14-6(2)15-7/h3,6-7H,4H2,1-2H3,(H,10,12,13). The second kappa shape index (κ2) is 3.63. The SMILES string of the molecule is Cc1cn(C2COC(C)O2)c(=O)[nH]c1=O. The topological polar surface area (TPSA) is 73.3 Å². The van der Waals surface area contributed by atoms with Crippen molar-refractivity contribution >= 4 is 0 Å². The smallest absolute Gasteiger partial charge is 0.330 e. The first-order valence-corrected chi connectivity index (χ1v) is 4.67. The van der Waals surface area contributed by atoms with E-state index < -0.39 is 11.9 Å². The number of nitrogens with one attached hydrogen (secondary N) is 1. The van der Waals surface area contributed by atoms with Gasteiger partial charge in [-0.2, -0.15) is 0 Å². The number of H-pyrrole nitrogens is 1. The van der Waals surface area contributed by atoms with Crippen LogP contribution in [0.2, 0.25) is 0 Å². The van der Waals surface area contributed by atoms with Crippen molar-refractivity contribution in [3.63, 3.8) is 0 Å². The predicted molar refractivity (Wildman–Crippen MR) is 51.6 cm³/mol. The molecule has 15 heavy (non-hydrogen) atoms. The van der Waals surface area contributed by atoms with Crippen LogP contribution in [0.3, 0.4) is 0 Å². The molecule has 1 N–H and O–H groups in total. The van der Waals surface area contributed by atoms with E-state index >= 15 is 0 Å². The molecule has 0 amide bonds. The summed E-state index contributed by atoms with van der Waals surface area (Å²) in [5, 5.41) is 0. The molecule has 0 spiro atoms. The van der Waals surface area contributed by atoms with Crippen molar-refractivity contribution in [1.82, 2.24) is 9.55 Å². The summed E-state index contributed by atoms with van der Waals surface area (Å²) >= 11 is 0. The molecule has 1 aromatic heterocycles. The lowest BCUT2D eigenvalue weighted by atomic mass is 10.4. The Hall–Kier alpha value is -1.40. The van der Waals surface area contributed by atoms with E-state index in [1.54, 1.807) is 13.8 Å². The van der Waals surface area contributed by atoms with Gasteiger partial charge in [-0.3, -0.25) is 14.3 Å². The van der Waals surface area contributed by atoms with Gasteiger partial charge >= 0.3 is 5.69 Å². The van der Waals surface area contributed by atoms with E-state index in [0.717, 1.165) is 0 Å². The van der Waals surface area contributed by atoms with Crippen LogP contribution >= 0.6 is 0 Å². The van der Waals surface area contributed by atoms with Crippen LogP contribution in [0, 0.1) is 6.92 Å². The average molecular weight is 212 g/mol. The van der Waals surface area contributed by atoms with Crippen LogP contribution in [0.25, 0.3) is 0 Å². The first-order valence-electron chi connectivity index (χ1n) is 4.67. The Morgan fingerprint density at radius 2 is 2.27 bits per heavy atom. The summed E-state index contributed by atoms with van der Waals surface area (Å²) in [6.07, 6.45) is 0.699. The Kier molecular flexibility index (Phi) is 2.45. The maximum absolute atomic E-state index is 11.5. The number of rotatable bonds is 1. The van der Waals surface area contributed by atoms with Crippen molar-refractivity contribution in [2.45, 2.75) is 26.4 Å². The number of hydrogen-bond acceptors (Lipinski definition) is 4. The van der Waals surface area contributed by atoms with Gasteiger partial charge in [0.1, 0.15) is 0 Å². The molecule has 6 heteroatoms. The van der Waals surface area contributed by atoms with Crippen molar-refractivity contribution in [3.05, 3.63) is 32.6 Å². The third kappa shape index (κ3) is 1.86. The van der Waals surface area contributed by atoms with Crippen molar-refractivity contribution in [1.29, 1.82) is 0 Å². The van der Waals surface area contributed by atoms with Gasteiger partial charge in [-0.1, -0.05) is 0 Å². The Balaban J connectivity index is 2.41. The zero-order valence-electron chi connectivity index (χ0n) is 8.52. The Bertz CT molecular complexity index is 476. The zero-order chi connectivity index (χ0) is 11.0. The fourth-order valence-corrected chi connectivity index (χ4v) is 1.46. The summed E-state index contributed by atoms with van der Waals surface area (Å²) in [4.78, 5) is 24.8. The molecule has 1 aliphatic rings. The van der Waals surface area contributed by atoms with Crippen LogP contribution < -0.4 is 11.2 Å². The molecule has 0 radical (unpaired) electrons. The number of aromatic amines is 1. The second-order valence-corrected chi connectivity index (χ2v) is 3.47. The van der Waals surface area contributed by atoms with Gasteiger partial charge in [-0.25, -0.2) is 4.79 Å². The van der Waals surface area contributed by atoms with E-state index in [1.807, 2.05) is 0 Å². The Labute approximate surface area is 85.4 Å². The van der Waals surface area contributed by atoms with Gasteiger partial charge in [0.05, 0.1) is 6.61 Å². The van der Waals surface area contributed by atoms with Crippen LogP contribution in [0.1, 0.15) is 18.7 Å². The van der Waals surface area contributed by atoms with E-state index in [0.29, 0.717) is 12.2 Å². The number of aryl methyl sites for hydroxylation is 1. The lowest BCUT2D eigenvalue weighted by Gasteiger charge is -2.11. The van der Waals surface area contributed by atoms with Crippen LogP contribution in [0.5, 0.6) is 0 Å². The summed E-state index contributed by atoms with van der Waals surface area (Å²) in [7, 11) is 0. The summed E-state index contributed by atoms with van der Waals surface area (Å²) in [6.45, 7) is 3.70. The fraction of sp³-hybridized carbons (Fsp3) is 0.556. The monoisotopic (exact) mass is 212 g/mol. The normalized spacial score (nSPS) is 25.7. The molecular weight excluding hydrogens is 200 g/mol. The fourth-order valence-electron chi connectivity index (χ4n) is 1.46. The quantitative estimate of drug-likeness (QED) is 0.695. The molecule has 1 saturated heterocycles. The molecule has 0 aromatic carbocycles. The summed E-state index contributed by atoms with van der Waals surface area (Å²) in [6, 6.07) is 0. The zero-order valence-corrected chi connectivity index (χ0v) is 8.52. The molecule has 1 fully saturated rings. The third-order valence-electron chi connectivity index (χ3n) is 2.28. The largest absolute Gasteiger partial charge is 0.348 e. The molecule has 1 aromatic rings. The molecule has 0 bridgehead atoms. The van der Waals surface area contributed by atoms with Gasteiger partial charge in [-0.05, 0) is 13.8 Å². The summed E-state index contributed by atoms with van der Waals surface area (Å²) in [5.74, 6) is 0. The van der Waals surface area contributed by atoms with Gasteiger partial charge in [0.2, 0.25) is 0 Å². The maximum Gasteiger partial charge on any atom is 0.330 e. The number of aromatic nitrogens is 2. The van der Waals surface area contributed by atoms with Crippen LogP contribution in [0.15, 0.2) is 15.8 Å². The van der Waals surface area contributed by atoms with Crippen LogP contribution in [-0.2, 0) is 9.47 Å². The number of hydrogen-bond donors (Lipinski definition) is 1. The molecule has 0 saturated carbocycles. The van der Waals surface area contributed by atoms with Gasteiger partial charge < -0.3 is 9.47 Å². The average Bonchev–Trinajstić information content (AvgIpc) is 2.58. The number of nitrogens with zero attached hydrogens (tertiary/aromatic N) is 1. The Morgan fingerprint density at radius 3 is 2.87 bits per heavy atom. The van der Waals surface area contributed by atoms with E-state index in [2.05, 4.69) is 4.98 Å². The van der Waals surface area contributed by atoms with Gasteiger partial charge in [-0.15, -0.1) is 0 Å². The highest BCUT2D eigenvalue weighted by molar-refractivity contribution is 5.01. The van der Waals surface area contributed by atoms with E-state index in [1.165, 1.54) is 10.8 Å². The highest BCUT2D eigenvalue weighted by atomic mass is 16.7. The first kappa shape index (κ1) is 10.1. The third-order valence-corrected chi connectivity index (χ3v) is 2.28. The Morgan fingerprint density at radius 1 is 1.53 bits per heavy atom. The predicted octanol–water partition coefficient (Wildman–Crippen LogP) is -0.264. The molecule has 6 nitrogen and oxygen atoms in total. The minimum absolute atomic E-state index is 0.312. The van der Waals surface area contributed by atoms with Crippen molar-refractivity contribution in [2.75, 3.05) is 6.61 Å². The summed E-state index contributed by atoms with van der Waals surface area (Å²) in [5.41, 5.74) is -0.380. The minimum Gasteiger partial charge on any atom is -0.348 e. The molecule has 82 valence electrons. The molecule has 2 atom stereocenters. The molecule has 0 aliphatic carbocycles. The van der Waals surface area contributed by atoms with Gasteiger partial charge in [0.25, 0.3) is 5.56 Å². The van der Waals surface area contributed by atoms with E-state index in [4.69, 9.17) is 9.47 Å². The highest BCUT2D eigenvalue weighted by Crippen LogP contribution is 2.18. The molecular formula is C9H12N2O4. The van der Waals surface area contributed by atoms with Gasteiger partial charge in [0, 0.05) is 11.8 Å². The maximum atomic E-state index is 11.5. The summed E-state index contributed by atoms with van der Waals surface area (Å²) < 4.78 is 11.8. The van der Waals surface area contributed by atoms with Crippen LogP contribution in [-0.4, -0.2) is 22.4 Å².